The number of hydrogen-bond acceptors (Lipinski definition) is 8. The molecule has 3 amide bonds. The molecule has 1 atom stereocenters. The Morgan fingerprint density at radius 1 is 1.26 bits per heavy atom. The topological polar surface area (TPSA) is 120 Å². The van der Waals surface area contributed by atoms with Crippen molar-refractivity contribution in [1.29, 1.82) is 0 Å². The minimum absolute atomic E-state index is 0.00496. The molecule has 3 N–H and O–H groups in total. The zero-order valence-corrected chi connectivity index (χ0v) is 22.2. The summed E-state index contributed by atoms with van der Waals surface area (Å²) < 4.78 is 24.7. The second-order valence-corrected chi connectivity index (χ2v) is 9.43. The maximum atomic E-state index is 13.2. The maximum Gasteiger partial charge on any atom is 0.277 e. The highest BCUT2D eigenvalue weighted by atomic mass is 35.5. The van der Waals surface area contributed by atoms with Gasteiger partial charge in [-0.2, -0.15) is 0 Å². The second kappa shape index (κ2) is 13.0. The molecular formula is C27H30ClFN4O6. The molecule has 0 aliphatic carbocycles. The molecule has 0 radical (unpaired) electrons. The van der Waals surface area contributed by atoms with E-state index in [0.717, 1.165) is 23.1 Å². The summed E-state index contributed by atoms with van der Waals surface area (Å²) in [6, 6.07) is 9.30. The van der Waals surface area contributed by atoms with Gasteiger partial charge in [-0.05, 0) is 30.7 Å². The minimum Gasteiger partial charge on any atom is -0.493 e. The molecule has 1 unspecified atom stereocenters. The van der Waals surface area contributed by atoms with E-state index in [-0.39, 0.29) is 65.9 Å². The van der Waals surface area contributed by atoms with Crippen LogP contribution in [0.2, 0.25) is 5.02 Å². The molecule has 0 aromatic heterocycles. The van der Waals surface area contributed by atoms with E-state index in [1.807, 2.05) is 0 Å². The van der Waals surface area contributed by atoms with Gasteiger partial charge >= 0.3 is 0 Å². The number of carbonyl (C=O) groups is 3. The van der Waals surface area contributed by atoms with Crippen molar-refractivity contribution in [1.82, 2.24) is 15.1 Å². The predicted octanol–water partition coefficient (Wildman–Crippen LogP) is 2.17. The van der Waals surface area contributed by atoms with Crippen molar-refractivity contribution in [2.24, 2.45) is 0 Å². The van der Waals surface area contributed by atoms with Crippen LogP contribution in [0.25, 0.3) is 0 Å². The third-order valence-electron chi connectivity index (χ3n) is 6.25. The number of anilines is 1. The number of carbonyl (C=O) groups excluding carboxylic acids is 3. The molecule has 1 saturated heterocycles. The smallest absolute Gasteiger partial charge is 0.277 e. The average molecular weight is 561 g/mol. The molecular weight excluding hydrogens is 531 g/mol. The first-order valence-electron chi connectivity index (χ1n) is 12.6. The first kappa shape index (κ1) is 28.5. The van der Waals surface area contributed by atoms with Crippen molar-refractivity contribution in [3.63, 3.8) is 0 Å². The fraction of sp³-hybridized carbons (Fsp3) is 0.370. The SMILES string of the molecule is CCOc1cc(NC2=CC(=O)N(CCO)C2=O)c(Cl)cc1C(=O)NCC1CN(Cc2ccc(F)cc2)CCO1. The number of morpholine rings is 1. The van der Waals surface area contributed by atoms with E-state index in [1.54, 1.807) is 19.1 Å². The van der Waals surface area contributed by atoms with E-state index >= 15 is 0 Å². The zero-order valence-electron chi connectivity index (χ0n) is 21.4. The number of hydrogen-bond donors (Lipinski definition) is 3. The highest BCUT2D eigenvalue weighted by Gasteiger charge is 2.31. The molecule has 10 nitrogen and oxygen atoms in total. The lowest BCUT2D eigenvalue weighted by Gasteiger charge is -2.33. The standard InChI is InChI=1S/C27H30ClFN4O6/c1-2-38-24-12-22(31-23-13-25(35)33(7-9-34)27(23)37)21(28)11-20(24)26(36)30-14-19-16-32(8-10-39-19)15-17-3-5-18(29)6-4-17/h3-6,11-13,19,31,34H,2,7-10,14-16H2,1H3,(H,30,36). The van der Waals surface area contributed by atoms with Gasteiger partial charge in [0.1, 0.15) is 17.3 Å². The summed E-state index contributed by atoms with van der Waals surface area (Å²) >= 11 is 6.43. The Balaban J connectivity index is 1.39. The molecule has 1 fully saturated rings. The summed E-state index contributed by atoms with van der Waals surface area (Å²) in [5.41, 5.74) is 1.47. The lowest BCUT2D eigenvalue weighted by Crippen LogP contribution is -2.47. The summed E-state index contributed by atoms with van der Waals surface area (Å²) in [7, 11) is 0. The van der Waals surface area contributed by atoms with E-state index in [4.69, 9.17) is 26.2 Å². The van der Waals surface area contributed by atoms with Crippen molar-refractivity contribution < 1.29 is 33.4 Å². The lowest BCUT2D eigenvalue weighted by molar-refractivity contribution is -0.137. The second-order valence-electron chi connectivity index (χ2n) is 9.03. The van der Waals surface area contributed by atoms with Crippen LogP contribution in [0.3, 0.4) is 0 Å². The molecule has 2 aliphatic rings. The van der Waals surface area contributed by atoms with Crippen LogP contribution in [0.15, 0.2) is 48.2 Å². The molecule has 2 aromatic carbocycles. The van der Waals surface area contributed by atoms with Crippen LogP contribution in [0, 0.1) is 5.82 Å². The molecule has 0 saturated carbocycles. The third-order valence-corrected chi connectivity index (χ3v) is 6.56. The van der Waals surface area contributed by atoms with E-state index in [2.05, 4.69) is 15.5 Å². The maximum absolute atomic E-state index is 13.2. The third kappa shape index (κ3) is 7.12. The van der Waals surface area contributed by atoms with Crippen molar-refractivity contribution in [2.45, 2.75) is 19.6 Å². The molecule has 2 aliphatic heterocycles. The Bertz CT molecular complexity index is 1260. The fourth-order valence-corrected chi connectivity index (χ4v) is 4.56. The lowest BCUT2D eigenvalue weighted by atomic mass is 10.1. The predicted molar refractivity (Wildman–Crippen MR) is 142 cm³/mol. The molecule has 2 aromatic rings. The van der Waals surface area contributed by atoms with Crippen LogP contribution in [-0.4, -0.2) is 84.7 Å². The summed E-state index contributed by atoms with van der Waals surface area (Å²) in [6.07, 6.45) is 0.883. The Labute approximate surface area is 230 Å². The van der Waals surface area contributed by atoms with Crippen LogP contribution >= 0.6 is 11.6 Å². The number of nitrogens with zero attached hydrogens (tertiary/aromatic N) is 2. The van der Waals surface area contributed by atoms with Crippen molar-refractivity contribution in [2.75, 3.05) is 51.3 Å². The van der Waals surface area contributed by atoms with Gasteiger partial charge in [0.15, 0.2) is 0 Å². The van der Waals surface area contributed by atoms with Crippen LogP contribution in [0.1, 0.15) is 22.8 Å². The van der Waals surface area contributed by atoms with Crippen LogP contribution in [0.4, 0.5) is 10.1 Å². The number of nitrogens with one attached hydrogen (secondary N) is 2. The van der Waals surface area contributed by atoms with Gasteiger partial charge in [-0.3, -0.25) is 24.2 Å². The molecule has 208 valence electrons. The largest absolute Gasteiger partial charge is 0.493 e. The van der Waals surface area contributed by atoms with Gasteiger partial charge < -0.3 is 25.2 Å². The summed E-state index contributed by atoms with van der Waals surface area (Å²) in [5, 5.41) is 14.9. The van der Waals surface area contributed by atoms with E-state index in [0.29, 0.717) is 19.7 Å². The number of β-amino-alcohol motifs (C(OH)–C–C–N with tert-alkyl or cyclic N) is 1. The van der Waals surface area contributed by atoms with Gasteiger partial charge in [0.2, 0.25) is 0 Å². The summed E-state index contributed by atoms with van der Waals surface area (Å²) in [4.78, 5) is 40.7. The number of ether oxygens (including phenoxy) is 2. The number of aliphatic hydroxyl groups is 1. The molecule has 2 heterocycles. The Morgan fingerprint density at radius 2 is 2.03 bits per heavy atom. The van der Waals surface area contributed by atoms with Crippen LogP contribution in [0.5, 0.6) is 5.75 Å². The summed E-state index contributed by atoms with van der Waals surface area (Å²) in [6.45, 7) is 4.30. The van der Waals surface area contributed by atoms with Gasteiger partial charge in [0, 0.05) is 38.3 Å². The molecule has 4 rings (SSSR count). The van der Waals surface area contributed by atoms with Gasteiger partial charge in [-0.25, -0.2) is 4.39 Å². The quantitative estimate of drug-likeness (QED) is 0.358. The minimum atomic E-state index is -0.592. The van der Waals surface area contributed by atoms with Crippen LogP contribution < -0.4 is 15.4 Å². The van der Waals surface area contributed by atoms with E-state index < -0.39 is 17.7 Å². The van der Waals surface area contributed by atoms with Crippen molar-refractivity contribution >= 4 is 35.0 Å². The fourth-order valence-electron chi connectivity index (χ4n) is 4.35. The number of rotatable bonds is 11. The first-order valence-corrected chi connectivity index (χ1v) is 12.9. The number of aliphatic hydroxyl groups excluding tert-OH is 1. The number of halogens is 2. The zero-order chi connectivity index (χ0) is 27.9. The van der Waals surface area contributed by atoms with E-state index in [9.17, 15) is 18.8 Å². The Morgan fingerprint density at radius 3 is 2.74 bits per heavy atom. The van der Waals surface area contributed by atoms with Gasteiger partial charge in [0.25, 0.3) is 17.7 Å². The number of amides is 3. The average Bonchev–Trinajstić information content (AvgIpc) is 3.18. The summed E-state index contributed by atoms with van der Waals surface area (Å²) in [5.74, 6) is -1.58. The van der Waals surface area contributed by atoms with Crippen molar-refractivity contribution in [3.8, 4) is 5.75 Å². The molecule has 39 heavy (non-hydrogen) atoms. The highest BCUT2D eigenvalue weighted by Crippen LogP contribution is 2.33. The van der Waals surface area contributed by atoms with E-state index in [1.165, 1.54) is 24.3 Å². The molecule has 0 bridgehead atoms. The number of benzene rings is 2. The van der Waals surface area contributed by atoms with Gasteiger partial charge in [-0.15, -0.1) is 0 Å². The van der Waals surface area contributed by atoms with Gasteiger partial charge in [-0.1, -0.05) is 23.7 Å². The Hall–Kier alpha value is -3.51. The highest BCUT2D eigenvalue weighted by molar-refractivity contribution is 6.34. The normalized spacial score (nSPS) is 17.8. The van der Waals surface area contributed by atoms with Crippen LogP contribution in [-0.2, 0) is 20.9 Å². The number of imide groups is 1. The monoisotopic (exact) mass is 560 g/mol. The Kier molecular flexibility index (Phi) is 9.52. The molecule has 0 spiro atoms. The first-order chi connectivity index (χ1) is 18.8. The van der Waals surface area contributed by atoms with Gasteiger partial charge in [0.05, 0.1) is 48.7 Å². The van der Waals surface area contributed by atoms with Crippen molar-refractivity contribution in [3.05, 3.63) is 70.1 Å². The molecule has 12 heteroatoms.